The van der Waals surface area contributed by atoms with Crippen molar-refractivity contribution in [2.45, 2.75) is 31.5 Å². The average Bonchev–Trinajstić information content (AvgIpc) is 2.63. The molecule has 1 aromatic heterocycles. The first-order valence-electron chi connectivity index (χ1n) is 9.08. The highest BCUT2D eigenvalue weighted by molar-refractivity contribution is 5.74. The summed E-state index contributed by atoms with van der Waals surface area (Å²) in [5, 5.41) is 3.09. The Morgan fingerprint density at radius 1 is 1.21 bits per heavy atom. The normalized spacial score (nSPS) is 16.0. The molecule has 0 spiro atoms. The van der Waals surface area contributed by atoms with E-state index in [1.165, 1.54) is 0 Å². The van der Waals surface area contributed by atoms with Crippen molar-refractivity contribution in [3.05, 3.63) is 53.7 Å². The van der Waals surface area contributed by atoms with Gasteiger partial charge in [0.1, 0.15) is 11.6 Å². The van der Waals surface area contributed by atoms with Crippen LogP contribution in [0.2, 0.25) is 0 Å². The first-order valence-corrected chi connectivity index (χ1v) is 9.08. The number of nitrogens with one attached hydrogen (secondary N) is 1. The molecule has 0 radical (unpaired) electrons. The topological polar surface area (TPSA) is 54.5 Å². The van der Waals surface area contributed by atoms with Crippen molar-refractivity contribution >= 4 is 11.8 Å². The maximum atomic E-state index is 13.3. The van der Waals surface area contributed by atoms with Crippen LogP contribution in [-0.2, 0) is 17.4 Å². The van der Waals surface area contributed by atoms with E-state index in [1.54, 1.807) is 30.3 Å². The number of anilines is 1. The number of aromatic nitrogens is 1. The zero-order chi connectivity index (χ0) is 20.1. The van der Waals surface area contributed by atoms with Gasteiger partial charge in [-0.2, -0.15) is 13.2 Å². The van der Waals surface area contributed by atoms with Gasteiger partial charge >= 0.3 is 12.1 Å². The minimum atomic E-state index is -4.52. The second kappa shape index (κ2) is 8.60. The van der Waals surface area contributed by atoms with Gasteiger partial charge in [-0.3, -0.25) is 4.79 Å². The molecule has 1 aliphatic rings. The van der Waals surface area contributed by atoms with Gasteiger partial charge in [0.05, 0.1) is 17.7 Å². The van der Waals surface area contributed by atoms with E-state index in [1.807, 2.05) is 7.05 Å². The van der Waals surface area contributed by atoms with Crippen molar-refractivity contribution in [1.29, 1.82) is 0 Å². The van der Waals surface area contributed by atoms with Gasteiger partial charge in [0, 0.05) is 6.04 Å². The number of likely N-dealkylation sites (tertiary alicyclic amines) is 1. The van der Waals surface area contributed by atoms with Crippen LogP contribution in [0.3, 0.4) is 0 Å². The lowest BCUT2D eigenvalue weighted by Gasteiger charge is -2.30. The molecule has 0 amide bonds. The third-order valence-corrected chi connectivity index (χ3v) is 4.58. The Hall–Kier alpha value is -2.61. The molecule has 5 nitrogen and oxygen atoms in total. The van der Waals surface area contributed by atoms with Gasteiger partial charge in [0.2, 0.25) is 0 Å². The van der Waals surface area contributed by atoms with E-state index in [-0.39, 0.29) is 24.0 Å². The van der Waals surface area contributed by atoms with Gasteiger partial charge in [-0.05, 0) is 57.2 Å². The number of hydrogen-bond acceptors (Lipinski definition) is 5. The number of esters is 1. The lowest BCUT2D eigenvalue weighted by Crippen LogP contribution is -2.37. The number of ether oxygens (including phenoxy) is 1. The number of nitrogens with zero attached hydrogens (tertiary/aromatic N) is 2. The molecule has 8 heteroatoms. The van der Waals surface area contributed by atoms with E-state index >= 15 is 0 Å². The molecule has 1 aliphatic heterocycles. The van der Waals surface area contributed by atoms with Crippen LogP contribution in [0.5, 0.6) is 5.75 Å². The minimum absolute atomic E-state index is 0.0196. The molecule has 2 heterocycles. The summed E-state index contributed by atoms with van der Waals surface area (Å²) in [6.07, 6.45) is -3.23. The van der Waals surface area contributed by atoms with Crippen molar-refractivity contribution in [2.75, 3.05) is 25.5 Å². The zero-order valence-electron chi connectivity index (χ0n) is 15.5. The Bertz CT molecular complexity index is 804. The number of pyridine rings is 1. The number of hydrogen-bond donors (Lipinski definition) is 1. The lowest BCUT2D eigenvalue weighted by atomic mass is 10.1. The lowest BCUT2D eigenvalue weighted by molar-refractivity contribution is -0.138. The number of alkyl halides is 3. The van der Waals surface area contributed by atoms with Gasteiger partial charge in [-0.25, -0.2) is 4.98 Å². The second-order valence-electron chi connectivity index (χ2n) is 6.92. The largest absolute Gasteiger partial charge is 0.426 e. The molecule has 0 atom stereocenters. The quantitative estimate of drug-likeness (QED) is 0.619. The SMILES string of the molecule is CN1CCC(Nc2cc(C(F)(F)F)cc(CC(=O)Oc3ccccc3)n2)CC1. The van der Waals surface area contributed by atoms with E-state index in [2.05, 4.69) is 15.2 Å². The van der Waals surface area contributed by atoms with E-state index in [0.29, 0.717) is 5.75 Å². The van der Waals surface area contributed by atoms with Crippen LogP contribution < -0.4 is 10.1 Å². The molecule has 0 bridgehead atoms. The van der Waals surface area contributed by atoms with Crippen molar-refractivity contribution < 1.29 is 22.7 Å². The highest BCUT2D eigenvalue weighted by atomic mass is 19.4. The monoisotopic (exact) mass is 393 g/mol. The first kappa shape index (κ1) is 20.1. The summed E-state index contributed by atoms with van der Waals surface area (Å²) in [5.74, 6) is -0.195. The predicted molar refractivity (Wildman–Crippen MR) is 99.2 cm³/mol. The molecule has 0 saturated carbocycles. The third-order valence-electron chi connectivity index (χ3n) is 4.58. The summed E-state index contributed by atoms with van der Waals surface area (Å²) in [5.41, 5.74) is -0.813. The van der Waals surface area contributed by atoms with E-state index in [4.69, 9.17) is 4.74 Å². The molecule has 3 rings (SSSR count). The molecule has 2 aromatic rings. The molecular weight excluding hydrogens is 371 g/mol. The van der Waals surface area contributed by atoms with Crippen LogP contribution in [0.15, 0.2) is 42.5 Å². The Kier molecular flexibility index (Phi) is 6.18. The molecule has 0 unspecified atom stereocenters. The number of carbonyl (C=O) groups excluding carboxylic acids is 1. The van der Waals surface area contributed by atoms with Crippen LogP contribution in [-0.4, -0.2) is 42.0 Å². The second-order valence-corrected chi connectivity index (χ2v) is 6.92. The predicted octanol–water partition coefficient (Wildman–Crippen LogP) is 3.75. The molecule has 0 aliphatic carbocycles. The van der Waals surface area contributed by atoms with Crippen molar-refractivity contribution in [1.82, 2.24) is 9.88 Å². The Balaban J connectivity index is 1.74. The van der Waals surface area contributed by atoms with Crippen LogP contribution >= 0.6 is 0 Å². The Labute approximate surface area is 161 Å². The average molecular weight is 393 g/mol. The summed E-state index contributed by atoms with van der Waals surface area (Å²) >= 11 is 0. The maximum absolute atomic E-state index is 13.3. The highest BCUT2D eigenvalue weighted by Crippen LogP contribution is 2.31. The summed E-state index contributed by atoms with van der Waals surface area (Å²) < 4.78 is 45.0. The van der Waals surface area contributed by atoms with Gasteiger partial charge in [0.15, 0.2) is 0 Å². The van der Waals surface area contributed by atoms with Crippen molar-refractivity contribution in [2.24, 2.45) is 0 Å². The number of carbonyl (C=O) groups is 1. The Morgan fingerprint density at radius 3 is 2.54 bits per heavy atom. The highest BCUT2D eigenvalue weighted by Gasteiger charge is 2.32. The fraction of sp³-hybridized carbons (Fsp3) is 0.400. The van der Waals surface area contributed by atoms with Crippen LogP contribution in [0, 0.1) is 0 Å². The molecule has 1 N–H and O–H groups in total. The van der Waals surface area contributed by atoms with Crippen LogP contribution in [0.1, 0.15) is 24.1 Å². The summed E-state index contributed by atoms with van der Waals surface area (Å²) in [7, 11) is 2.01. The van der Waals surface area contributed by atoms with Crippen molar-refractivity contribution in [3.8, 4) is 5.75 Å². The number of piperidine rings is 1. The molecule has 1 aromatic carbocycles. The summed E-state index contributed by atoms with van der Waals surface area (Å²) in [6.45, 7) is 1.74. The fourth-order valence-corrected chi connectivity index (χ4v) is 3.08. The van der Waals surface area contributed by atoms with Gasteiger partial charge in [-0.1, -0.05) is 18.2 Å². The molecule has 1 saturated heterocycles. The van der Waals surface area contributed by atoms with Crippen LogP contribution in [0.25, 0.3) is 0 Å². The minimum Gasteiger partial charge on any atom is -0.426 e. The number of para-hydroxylation sites is 1. The number of benzene rings is 1. The smallest absolute Gasteiger partial charge is 0.416 e. The van der Waals surface area contributed by atoms with E-state index in [0.717, 1.165) is 38.1 Å². The van der Waals surface area contributed by atoms with Crippen LogP contribution in [0.4, 0.5) is 19.0 Å². The zero-order valence-corrected chi connectivity index (χ0v) is 15.5. The van der Waals surface area contributed by atoms with Crippen molar-refractivity contribution in [3.63, 3.8) is 0 Å². The summed E-state index contributed by atoms with van der Waals surface area (Å²) in [4.78, 5) is 18.5. The Morgan fingerprint density at radius 2 is 1.89 bits per heavy atom. The van der Waals surface area contributed by atoms with E-state index in [9.17, 15) is 18.0 Å². The third kappa shape index (κ3) is 5.69. The number of rotatable bonds is 5. The molecule has 150 valence electrons. The fourth-order valence-electron chi connectivity index (χ4n) is 3.08. The first-order chi connectivity index (χ1) is 13.3. The standard InChI is InChI=1S/C20H22F3N3O2/c1-26-9-7-15(8-10-26)24-18-12-14(20(21,22)23)11-16(25-18)13-19(27)28-17-5-3-2-4-6-17/h2-6,11-12,15H,7-10,13H2,1H3,(H,24,25). The van der Waals surface area contributed by atoms with Gasteiger partial charge < -0.3 is 15.0 Å². The summed E-state index contributed by atoms with van der Waals surface area (Å²) in [6, 6.07) is 10.3. The van der Waals surface area contributed by atoms with Gasteiger partial charge in [-0.15, -0.1) is 0 Å². The van der Waals surface area contributed by atoms with E-state index < -0.39 is 17.7 Å². The molecule has 1 fully saturated rings. The van der Waals surface area contributed by atoms with Gasteiger partial charge in [0.25, 0.3) is 0 Å². The maximum Gasteiger partial charge on any atom is 0.416 e. The molecular formula is C20H22F3N3O2. The number of halogens is 3. The molecule has 28 heavy (non-hydrogen) atoms.